The third-order valence-electron chi connectivity index (χ3n) is 4.63. The molecule has 4 heteroatoms. The van der Waals surface area contributed by atoms with E-state index in [1.807, 2.05) is 0 Å². The zero-order valence-corrected chi connectivity index (χ0v) is 12.4. The Kier molecular flexibility index (Phi) is 4.44. The average Bonchev–Trinajstić information content (AvgIpc) is 2.25. The molecule has 0 spiro atoms. The molecule has 4 nitrogen and oxygen atoms in total. The zero-order chi connectivity index (χ0) is 14.1. The Labute approximate surface area is 111 Å². The fourth-order valence-electron chi connectivity index (χ4n) is 2.75. The monoisotopic (exact) mass is 256 g/mol. The number of carbonyl (C=O) groups is 1. The van der Waals surface area contributed by atoms with Crippen molar-refractivity contribution in [3.05, 3.63) is 0 Å². The summed E-state index contributed by atoms with van der Waals surface area (Å²) in [6.07, 6.45) is 3.09. The Morgan fingerprint density at radius 3 is 2.50 bits per heavy atom. The van der Waals surface area contributed by atoms with Crippen LogP contribution in [0.3, 0.4) is 0 Å². The van der Waals surface area contributed by atoms with Crippen molar-refractivity contribution in [3.63, 3.8) is 0 Å². The van der Waals surface area contributed by atoms with Gasteiger partial charge in [0, 0.05) is 12.1 Å². The minimum atomic E-state index is -1.03. The van der Waals surface area contributed by atoms with Crippen LogP contribution in [0.15, 0.2) is 0 Å². The van der Waals surface area contributed by atoms with Crippen LogP contribution < -0.4 is 5.73 Å². The highest BCUT2D eigenvalue weighted by Crippen LogP contribution is 2.33. The summed E-state index contributed by atoms with van der Waals surface area (Å²) < 4.78 is 0. The summed E-state index contributed by atoms with van der Waals surface area (Å²) in [6.45, 7) is 8.84. The molecule has 1 fully saturated rings. The maximum Gasteiger partial charge on any atom is 0.323 e. The Morgan fingerprint density at radius 1 is 1.50 bits per heavy atom. The molecule has 0 aromatic rings. The zero-order valence-electron chi connectivity index (χ0n) is 12.4. The highest BCUT2D eigenvalue weighted by molar-refractivity contribution is 5.78. The predicted octanol–water partition coefficient (Wildman–Crippen LogP) is 2.08. The van der Waals surface area contributed by atoms with Gasteiger partial charge in [-0.1, -0.05) is 20.8 Å². The van der Waals surface area contributed by atoms with Crippen LogP contribution in [0.4, 0.5) is 0 Å². The molecule has 1 aliphatic carbocycles. The molecule has 1 rings (SSSR count). The first-order valence-electron chi connectivity index (χ1n) is 6.82. The van der Waals surface area contributed by atoms with Gasteiger partial charge in [0.1, 0.15) is 5.54 Å². The first-order valence-corrected chi connectivity index (χ1v) is 6.82. The van der Waals surface area contributed by atoms with Gasteiger partial charge in [0.25, 0.3) is 0 Å². The van der Waals surface area contributed by atoms with E-state index in [1.165, 1.54) is 0 Å². The number of nitrogens with two attached hydrogens (primary N) is 1. The van der Waals surface area contributed by atoms with E-state index in [0.717, 1.165) is 12.8 Å². The molecular formula is C14H28N2O2. The van der Waals surface area contributed by atoms with Crippen LogP contribution in [0.5, 0.6) is 0 Å². The summed E-state index contributed by atoms with van der Waals surface area (Å²) in [5.74, 6) is -0.857. The predicted molar refractivity (Wildman–Crippen MR) is 73.5 cm³/mol. The van der Waals surface area contributed by atoms with Crippen molar-refractivity contribution in [2.45, 2.75) is 71.0 Å². The first-order chi connectivity index (χ1) is 8.08. The van der Waals surface area contributed by atoms with Crippen molar-refractivity contribution in [3.8, 4) is 0 Å². The minimum absolute atomic E-state index is 0.187. The van der Waals surface area contributed by atoms with E-state index in [4.69, 9.17) is 5.73 Å². The molecule has 3 unspecified atom stereocenters. The fraction of sp³-hybridized carbons (Fsp3) is 0.929. The molecular weight excluding hydrogens is 228 g/mol. The SMILES string of the molecule is CC(N(C)C1CCCC(N)(C(=O)O)C1)C(C)(C)C. The molecule has 0 aliphatic heterocycles. The third-order valence-corrected chi connectivity index (χ3v) is 4.63. The van der Waals surface area contributed by atoms with Crippen LogP contribution >= 0.6 is 0 Å². The van der Waals surface area contributed by atoms with Crippen LogP contribution in [0.2, 0.25) is 0 Å². The quantitative estimate of drug-likeness (QED) is 0.811. The average molecular weight is 256 g/mol. The van der Waals surface area contributed by atoms with Gasteiger partial charge in [-0.15, -0.1) is 0 Å². The molecule has 0 amide bonds. The normalized spacial score (nSPS) is 31.4. The van der Waals surface area contributed by atoms with Crippen molar-refractivity contribution < 1.29 is 9.90 Å². The standard InChI is InChI=1S/C14H28N2O2/c1-10(13(2,3)4)16(5)11-7-6-8-14(15,9-11)12(17)18/h10-11H,6-9,15H2,1-5H3,(H,17,18). The number of carboxylic acids is 1. The van der Waals surface area contributed by atoms with Crippen LogP contribution in [-0.4, -0.2) is 40.6 Å². The number of hydrogen-bond donors (Lipinski definition) is 2. The van der Waals surface area contributed by atoms with E-state index < -0.39 is 11.5 Å². The molecule has 1 saturated carbocycles. The molecule has 3 atom stereocenters. The third kappa shape index (κ3) is 3.23. The Balaban J connectivity index is 2.76. The fourth-order valence-corrected chi connectivity index (χ4v) is 2.75. The van der Waals surface area contributed by atoms with Gasteiger partial charge in [0.05, 0.1) is 0 Å². The van der Waals surface area contributed by atoms with E-state index >= 15 is 0 Å². The number of carboxylic acid groups (broad SMARTS) is 1. The maximum atomic E-state index is 11.3. The maximum absolute atomic E-state index is 11.3. The molecule has 3 N–H and O–H groups in total. The smallest absolute Gasteiger partial charge is 0.323 e. The Morgan fingerprint density at radius 2 is 2.06 bits per heavy atom. The van der Waals surface area contributed by atoms with Gasteiger partial charge in [0.2, 0.25) is 0 Å². The lowest BCUT2D eigenvalue weighted by atomic mass is 9.77. The van der Waals surface area contributed by atoms with Crippen LogP contribution in [0.25, 0.3) is 0 Å². The van der Waals surface area contributed by atoms with Crippen molar-refractivity contribution in [2.75, 3.05) is 7.05 Å². The number of nitrogens with zero attached hydrogens (tertiary/aromatic N) is 1. The van der Waals surface area contributed by atoms with Gasteiger partial charge >= 0.3 is 5.97 Å². The largest absolute Gasteiger partial charge is 0.480 e. The lowest BCUT2D eigenvalue weighted by Crippen LogP contribution is -2.57. The second kappa shape index (κ2) is 5.17. The van der Waals surface area contributed by atoms with Crippen molar-refractivity contribution in [2.24, 2.45) is 11.1 Å². The second-order valence-corrected chi connectivity index (χ2v) is 6.92. The number of hydrogen-bond acceptors (Lipinski definition) is 3. The summed E-state index contributed by atoms with van der Waals surface area (Å²) in [5, 5.41) is 9.25. The minimum Gasteiger partial charge on any atom is -0.480 e. The summed E-state index contributed by atoms with van der Waals surface area (Å²) in [4.78, 5) is 13.6. The molecule has 18 heavy (non-hydrogen) atoms. The Bertz CT molecular complexity index is 311. The van der Waals surface area contributed by atoms with Crippen LogP contribution in [-0.2, 0) is 4.79 Å². The van der Waals surface area contributed by atoms with E-state index in [0.29, 0.717) is 18.9 Å². The van der Waals surface area contributed by atoms with Crippen LogP contribution in [0, 0.1) is 5.41 Å². The van der Waals surface area contributed by atoms with Crippen LogP contribution in [0.1, 0.15) is 53.4 Å². The summed E-state index contributed by atoms with van der Waals surface area (Å²) >= 11 is 0. The highest BCUT2D eigenvalue weighted by atomic mass is 16.4. The van der Waals surface area contributed by atoms with Crippen molar-refractivity contribution >= 4 is 5.97 Å². The van der Waals surface area contributed by atoms with E-state index in [-0.39, 0.29) is 11.5 Å². The summed E-state index contributed by atoms with van der Waals surface area (Å²) in [5.41, 5.74) is 5.17. The first kappa shape index (κ1) is 15.4. The number of aliphatic carboxylic acids is 1. The van der Waals surface area contributed by atoms with E-state index in [2.05, 4.69) is 39.6 Å². The van der Waals surface area contributed by atoms with Gasteiger partial charge in [-0.05, 0) is 45.1 Å². The highest BCUT2D eigenvalue weighted by Gasteiger charge is 2.42. The molecule has 0 heterocycles. The summed E-state index contributed by atoms with van der Waals surface area (Å²) in [7, 11) is 2.09. The molecule has 0 saturated heterocycles. The lowest BCUT2D eigenvalue weighted by molar-refractivity contribution is -0.145. The van der Waals surface area contributed by atoms with Gasteiger partial charge < -0.3 is 15.7 Å². The summed E-state index contributed by atoms with van der Waals surface area (Å²) in [6, 6.07) is 0.674. The van der Waals surface area contributed by atoms with E-state index in [1.54, 1.807) is 0 Å². The molecule has 0 aromatic carbocycles. The van der Waals surface area contributed by atoms with Gasteiger partial charge in [0.15, 0.2) is 0 Å². The molecule has 106 valence electrons. The van der Waals surface area contributed by atoms with E-state index in [9.17, 15) is 9.90 Å². The van der Waals surface area contributed by atoms with Gasteiger partial charge in [-0.2, -0.15) is 0 Å². The molecule has 0 bridgehead atoms. The Hall–Kier alpha value is -0.610. The molecule has 0 aromatic heterocycles. The lowest BCUT2D eigenvalue weighted by Gasteiger charge is -2.45. The molecule has 1 aliphatic rings. The van der Waals surface area contributed by atoms with Crippen molar-refractivity contribution in [1.29, 1.82) is 0 Å². The second-order valence-electron chi connectivity index (χ2n) is 6.92. The van der Waals surface area contributed by atoms with Gasteiger partial charge in [-0.3, -0.25) is 4.79 Å². The van der Waals surface area contributed by atoms with Gasteiger partial charge in [-0.25, -0.2) is 0 Å². The number of rotatable bonds is 3. The topological polar surface area (TPSA) is 66.6 Å². The molecule has 0 radical (unpaired) electrons. The van der Waals surface area contributed by atoms with Crippen molar-refractivity contribution in [1.82, 2.24) is 4.90 Å².